The van der Waals surface area contributed by atoms with Gasteiger partial charge >= 0.3 is 5.97 Å². The summed E-state index contributed by atoms with van der Waals surface area (Å²) in [4.78, 5) is 29.5. The van der Waals surface area contributed by atoms with Gasteiger partial charge in [-0.1, -0.05) is 43.2 Å². The van der Waals surface area contributed by atoms with Gasteiger partial charge in [-0.2, -0.15) is 5.10 Å². The molecular formula is C22H24N4O3. The number of amides is 1. The van der Waals surface area contributed by atoms with Gasteiger partial charge in [0.25, 0.3) is 5.91 Å². The van der Waals surface area contributed by atoms with E-state index >= 15 is 0 Å². The van der Waals surface area contributed by atoms with E-state index in [1.807, 2.05) is 37.3 Å². The van der Waals surface area contributed by atoms with Crippen molar-refractivity contribution < 1.29 is 14.7 Å². The molecule has 1 aliphatic rings. The largest absolute Gasteiger partial charge is 0.481 e. The molecule has 0 atom stereocenters. The van der Waals surface area contributed by atoms with Crippen molar-refractivity contribution in [2.75, 3.05) is 0 Å². The van der Waals surface area contributed by atoms with Gasteiger partial charge < -0.3 is 10.4 Å². The van der Waals surface area contributed by atoms with Gasteiger partial charge in [-0.05, 0) is 25.8 Å². The lowest BCUT2D eigenvalue weighted by Crippen LogP contribution is -2.47. The van der Waals surface area contributed by atoms with Gasteiger partial charge in [0.1, 0.15) is 0 Å². The van der Waals surface area contributed by atoms with Crippen LogP contribution in [0.4, 0.5) is 0 Å². The van der Waals surface area contributed by atoms with Crippen LogP contribution in [0.1, 0.15) is 49.4 Å². The Kier molecular flexibility index (Phi) is 5.05. The number of nitrogens with one attached hydrogen (secondary N) is 1. The van der Waals surface area contributed by atoms with E-state index in [4.69, 9.17) is 4.98 Å². The van der Waals surface area contributed by atoms with E-state index in [1.165, 1.54) is 0 Å². The molecule has 1 fully saturated rings. The van der Waals surface area contributed by atoms with Crippen LogP contribution in [0, 0.1) is 0 Å². The van der Waals surface area contributed by atoms with E-state index in [0.717, 1.165) is 18.4 Å². The van der Waals surface area contributed by atoms with E-state index in [0.29, 0.717) is 41.7 Å². The lowest BCUT2D eigenvalue weighted by atomic mass is 9.92. The lowest BCUT2D eigenvalue weighted by Gasteiger charge is -2.28. The summed E-state index contributed by atoms with van der Waals surface area (Å²) < 4.78 is 1.77. The number of carbonyl (C=O) groups excluding carboxylic acids is 1. The van der Waals surface area contributed by atoms with Crippen LogP contribution in [0.3, 0.4) is 0 Å². The summed E-state index contributed by atoms with van der Waals surface area (Å²) in [5.74, 6) is -1.16. The summed E-state index contributed by atoms with van der Waals surface area (Å²) in [7, 11) is 0. The quantitative estimate of drug-likeness (QED) is 0.668. The maximum Gasteiger partial charge on any atom is 0.305 e. The van der Waals surface area contributed by atoms with E-state index in [9.17, 15) is 14.7 Å². The highest BCUT2D eigenvalue weighted by Gasteiger charge is 2.38. The van der Waals surface area contributed by atoms with Crippen LogP contribution in [0.15, 0.2) is 42.6 Å². The SMILES string of the molecule is CCn1ncc2c(C(=O)NC3(CC(=O)O)CCCC3)cc(-c3ccccc3)nc21. The van der Waals surface area contributed by atoms with Crippen molar-refractivity contribution in [3.05, 3.63) is 48.2 Å². The molecule has 1 aromatic carbocycles. The fourth-order valence-corrected chi connectivity index (χ4v) is 4.22. The Labute approximate surface area is 168 Å². The van der Waals surface area contributed by atoms with Crippen molar-refractivity contribution >= 4 is 22.9 Å². The molecule has 1 amide bonds. The second kappa shape index (κ2) is 7.66. The zero-order valence-corrected chi connectivity index (χ0v) is 16.4. The summed E-state index contributed by atoms with van der Waals surface area (Å²) in [5, 5.41) is 17.4. The van der Waals surface area contributed by atoms with Crippen LogP contribution in [-0.4, -0.2) is 37.3 Å². The standard InChI is InChI=1S/C22H24N4O3/c1-2-26-20-17(14-23-26)16(12-18(24-20)15-8-4-3-5-9-15)21(29)25-22(13-19(27)28)10-6-7-11-22/h3-5,8-9,12,14H,2,6-7,10-11,13H2,1H3,(H,25,29)(H,27,28). The average molecular weight is 392 g/mol. The van der Waals surface area contributed by atoms with E-state index in [-0.39, 0.29) is 12.3 Å². The Morgan fingerprint density at radius 1 is 1.21 bits per heavy atom. The molecule has 0 saturated heterocycles. The number of nitrogens with zero attached hydrogens (tertiary/aromatic N) is 3. The number of aryl methyl sites for hydroxylation is 1. The maximum atomic E-state index is 13.3. The Morgan fingerprint density at radius 2 is 1.93 bits per heavy atom. The number of aliphatic carboxylic acids is 1. The summed E-state index contributed by atoms with van der Waals surface area (Å²) in [6.07, 6.45) is 4.80. The van der Waals surface area contributed by atoms with Crippen LogP contribution in [0.25, 0.3) is 22.3 Å². The zero-order valence-electron chi connectivity index (χ0n) is 16.4. The van der Waals surface area contributed by atoms with Crippen molar-refractivity contribution in [3.8, 4) is 11.3 Å². The zero-order chi connectivity index (χ0) is 20.4. The first-order valence-corrected chi connectivity index (χ1v) is 9.98. The molecule has 2 aromatic heterocycles. The van der Waals surface area contributed by atoms with Gasteiger partial charge in [-0.15, -0.1) is 0 Å². The summed E-state index contributed by atoms with van der Waals surface area (Å²) >= 11 is 0. The number of carbonyl (C=O) groups is 2. The minimum Gasteiger partial charge on any atom is -0.481 e. The molecule has 150 valence electrons. The number of aromatic nitrogens is 3. The first-order chi connectivity index (χ1) is 14.0. The summed E-state index contributed by atoms with van der Waals surface area (Å²) in [6.45, 7) is 2.61. The molecule has 0 bridgehead atoms. The molecule has 1 aliphatic carbocycles. The fraction of sp³-hybridized carbons (Fsp3) is 0.364. The Hall–Kier alpha value is -3.22. The van der Waals surface area contributed by atoms with Crippen molar-refractivity contribution in [1.82, 2.24) is 20.1 Å². The third kappa shape index (κ3) is 3.72. The second-order valence-corrected chi connectivity index (χ2v) is 7.63. The van der Waals surface area contributed by atoms with Gasteiger partial charge in [-0.25, -0.2) is 9.67 Å². The molecule has 29 heavy (non-hydrogen) atoms. The summed E-state index contributed by atoms with van der Waals surface area (Å²) in [6, 6.07) is 11.5. The lowest BCUT2D eigenvalue weighted by molar-refractivity contribution is -0.138. The van der Waals surface area contributed by atoms with Crippen molar-refractivity contribution in [2.24, 2.45) is 0 Å². The molecule has 2 heterocycles. The van der Waals surface area contributed by atoms with E-state index < -0.39 is 11.5 Å². The molecule has 2 N–H and O–H groups in total. The molecule has 3 aromatic rings. The molecule has 7 nitrogen and oxygen atoms in total. The highest BCUT2D eigenvalue weighted by atomic mass is 16.4. The Balaban J connectivity index is 1.78. The van der Waals surface area contributed by atoms with Gasteiger partial charge in [0.05, 0.1) is 34.8 Å². The van der Waals surface area contributed by atoms with Crippen LogP contribution in [-0.2, 0) is 11.3 Å². The molecule has 0 unspecified atom stereocenters. The first-order valence-electron chi connectivity index (χ1n) is 9.98. The van der Waals surface area contributed by atoms with Crippen LogP contribution >= 0.6 is 0 Å². The molecule has 1 saturated carbocycles. The normalized spacial score (nSPS) is 15.5. The number of rotatable bonds is 6. The second-order valence-electron chi connectivity index (χ2n) is 7.63. The molecule has 0 spiro atoms. The minimum atomic E-state index is -0.893. The predicted octanol–water partition coefficient (Wildman–Crippen LogP) is 3.64. The topological polar surface area (TPSA) is 97.1 Å². The van der Waals surface area contributed by atoms with Crippen molar-refractivity contribution in [1.29, 1.82) is 0 Å². The van der Waals surface area contributed by atoms with Crippen molar-refractivity contribution in [2.45, 2.75) is 51.1 Å². The van der Waals surface area contributed by atoms with Gasteiger partial charge in [-0.3, -0.25) is 9.59 Å². The molecule has 0 aliphatic heterocycles. The predicted molar refractivity (Wildman–Crippen MR) is 110 cm³/mol. The van der Waals surface area contributed by atoms with Crippen LogP contribution in [0.2, 0.25) is 0 Å². The third-order valence-electron chi connectivity index (χ3n) is 5.65. The average Bonchev–Trinajstić information content (AvgIpc) is 3.34. The van der Waals surface area contributed by atoms with Gasteiger partial charge in [0.2, 0.25) is 0 Å². The highest BCUT2D eigenvalue weighted by Crippen LogP contribution is 2.34. The van der Waals surface area contributed by atoms with Crippen LogP contribution < -0.4 is 5.32 Å². The van der Waals surface area contributed by atoms with E-state index in [1.54, 1.807) is 16.9 Å². The smallest absolute Gasteiger partial charge is 0.305 e. The minimum absolute atomic E-state index is 0.0628. The number of hydrogen-bond acceptors (Lipinski definition) is 4. The van der Waals surface area contributed by atoms with Gasteiger partial charge in [0.15, 0.2) is 5.65 Å². The number of carboxylic acid groups (broad SMARTS) is 1. The van der Waals surface area contributed by atoms with Crippen LogP contribution in [0.5, 0.6) is 0 Å². The maximum absolute atomic E-state index is 13.3. The number of carboxylic acids is 1. The van der Waals surface area contributed by atoms with Gasteiger partial charge in [0, 0.05) is 12.1 Å². The molecular weight excluding hydrogens is 368 g/mol. The number of fused-ring (bicyclic) bond motifs is 1. The van der Waals surface area contributed by atoms with E-state index in [2.05, 4.69) is 10.4 Å². The molecule has 4 rings (SSSR count). The van der Waals surface area contributed by atoms with Crippen molar-refractivity contribution in [3.63, 3.8) is 0 Å². The summed E-state index contributed by atoms with van der Waals surface area (Å²) in [5.41, 5.74) is 2.04. The molecule has 7 heteroatoms. The Morgan fingerprint density at radius 3 is 2.59 bits per heavy atom. The third-order valence-corrected chi connectivity index (χ3v) is 5.65. The first kappa shape index (κ1) is 19.1. The fourth-order valence-electron chi connectivity index (χ4n) is 4.22. The Bertz CT molecular complexity index is 1050. The monoisotopic (exact) mass is 392 g/mol. The number of benzene rings is 1. The number of hydrogen-bond donors (Lipinski definition) is 2. The molecule has 0 radical (unpaired) electrons. The number of pyridine rings is 1. The highest BCUT2D eigenvalue weighted by molar-refractivity contribution is 6.07.